The first-order valence-corrected chi connectivity index (χ1v) is 8.50. The smallest absolute Gasteiger partial charge is 0.326 e. The van der Waals surface area contributed by atoms with Crippen LogP contribution >= 0.6 is 0 Å². The van der Waals surface area contributed by atoms with Gasteiger partial charge in [0.2, 0.25) is 11.8 Å². The predicted octanol–water partition coefficient (Wildman–Crippen LogP) is 1.55. The molecule has 1 aliphatic heterocycles. The van der Waals surface area contributed by atoms with E-state index in [4.69, 9.17) is 13.6 Å². The normalized spacial score (nSPS) is 22.5. The number of hydrogen-bond donors (Lipinski definition) is 0. The van der Waals surface area contributed by atoms with Crippen LogP contribution in [0.25, 0.3) is 11.7 Å². The zero-order chi connectivity index (χ0) is 18.1. The van der Waals surface area contributed by atoms with Crippen molar-refractivity contribution in [1.29, 1.82) is 0 Å². The summed E-state index contributed by atoms with van der Waals surface area (Å²) in [6.45, 7) is -0.626. The van der Waals surface area contributed by atoms with Crippen molar-refractivity contribution in [3.8, 4) is 11.7 Å². The molecule has 26 heavy (non-hydrogen) atoms. The minimum absolute atomic E-state index is 0.0949. The fraction of sp³-hybridized carbons (Fsp3) is 0.471. The predicted molar refractivity (Wildman–Crippen MR) is 84.0 cm³/mol. The van der Waals surface area contributed by atoms with Gasteiger partial charge in [0.25, 0.3) is 11.8 Å². The standard InChI is InChI=1S/C17H17N3O6/c21-14(8-20-16(22)10-4-1-2-5-11(10)17(20)23)25-9-13-18-19-15(26-13)12-6-3-7-24-12/h3,6-7,10-11H,1-2,4-5,8-9H2/t10-,11-/m1/s1. The SMILES string of the molecule is O=C(CN1C(=O)[C@@H]2CCCC[C@H]2C1=O)OCc1nnc(-c2ccco2)o1. The molecule has 0 aromatic carbocycles. The molecule has 2 aromatic heterocycles. The van der Waals surface area contributed by atoms with Crippen molar-refractivity contribution in [3.05, 3.63) is 24.3 Å². The van der Waals surface area contributed by atoms with E-state index in [1.807, 2.05) is 0 Å². The quantitative estimate of drug-likeness (QED) is 0.583. The number of ether oxygens (including phenoxy) is 1. The van der Waals surface area contributed by atoms with E-state index in [0.29, 0.717) is 18.6 Å². The molecule has 0 bridgehead atoms. The van der Waals surface area contributed by atoms with Crippen molar-refractivity contribution in [3.63, 3.8) is 0 Å². The summed E-state index contributed by atoms with van der Waals surface area (Å²) in [5, 5.41) is 7.56. The van der Waals surface area contributed by atoms with E-state index in [1.54, 1.807) is 12.1 Å². The second-order valence-corrected chi connectivity index (χ2v) is 6.40. The Morgan fingerprint density at radius 3 is 2.58 bits per heavy atom. The molecule has 136 valence electrons. The average Bonchev–Trinajstić information content (AvgIpc) is 3.38. The monoisotopic (exact) mass is 359 g/mol. The van der Waals surface area contributed by atoms with Crippen LogP contribution in [0.1, 0.15) is 31.6 Å². The molecule has 0 spiro atoms. The molecule has 2 aliphatic rings. The van der Waals surface area contributed by atoms with Crippen LogP contribution in [-0.4, -0.2) is 39.4 Å². The van der Waals surface area contributed by atoms with E-state index < -0.39 is 5.97 Å². The molecule has 1 aliphatic carbocycles. The van der Waals surface area contributed by atoms with Gasteiger partial charge in [0.1, 0.15) is 6.54 Å². The van der Waals surface area contributed by atoms with Crippen LogP contribution in [0.4, 0.5) is 0 Å². The topological polar surface area (TPSA) is 116 Å². The van der Waals surface area contributed by atoms with Crippen molar-refractivity contribution < 1.29 is 28.0 Å². The molecule has 9 heteroatoms. The second-order valence-electron chi connectivity index (χ2n) is 6.40. The van der Waals surface area contributed by atoms with Crippen molar-refractivity contribution >= 4 is 17.8 Å². The average molecular weight is 359 g/mol. The third-order valence-electron chi connectivity index (χ3n) is 4.78. The molecule has 0 unspecified atom stereocenters. The number of carbonyl (C=O) groups excluding carboxylic acids is 3. The zero-order valence-corrected chi connectivity index (χ0v) is 13.9. The number of fused-ring (bicyclic) bond motifs is 1. The summed E-state index contributed by atoms with van der Waals surface area (Å²) in [5.41, 5.74) is 0. The lowest BCUT2D eigenvalue weighted by molar-refractivity contribution is -0.154. The summed E-state index contributed by atoms with van der Waals surface area (Å²) in [5.74, 6) is -1.11. The summed E-state index contributed by atoms with van der Waals surface area (Å²) < 4.78 is 15.5. The first kappa shape index (κ1) is 16.5. The first-order valence-electron chi connectivity index (χ1n) is 8.50. The van der Waals surface area contributed by atoms with E-state index in [9.17, 15) is 14.4 Å². The summed E-state index contributed by atoms with van der Waals surface area (Å²) in [6.07, 6.45) is 4.76. The van der Waals surface area contributed by atoms with Crippen LogP contribution in [0.3, 0.4) is 0 Å². The molecule has 2 amide bonds. The fourth-order valence-electron chi connectivity index (χ4n) is 3.52. The molecule has 1 saturated carbocycles. The van der Waals surface area contributed by atoms with Crippen LogP contribution in [0.2, 0.25) is 0 Å². The number of aromatic nitrogens is 2. The van der Waals surface area contributed by atoms with Gasteiger partial charge in [0.05, 0.1) is 18.1 Å². The first-order chi connectivity index (χ1) is 12.6. The Bertz CT molecular complexity index is 803. The zero-order valence-electron chi connectivity index (χ0n) is 13.9. The lowest BCUT2D eigenvalue weighted by Gasteiger charge is -2.19. The molecular weight excluding hydrogens is 342 g/mol. The highest BCUT2D eigenvalue weighted by atomic mass is 16.5. The van der Waals surface area contributed by atoms with Gasteiger partial charge in [-0.2, -0.15) is 0 Å². The number of likely N-dealkylation sites (tertiary alicyclic amines) is 1. The van der Waals surface area contributed by atoms with Gasteiger partial charge in [-0.05, 0) is 25.0 Å². The van der Waals surface area contributed by atoms with Crippen molar-refractivity contribution in [1.82, 2.24) is 15.1 Å². The second kappa shape index (κ2) is 6.74. The van der Waals surface area contributed by atoms with Gasteiger partial charge >= 0.3 is 5.97 Å². The maximum absolute atomic E-state index is 12.3. The van der Waals surface area contributed by atoms with Gasteiger partial charge < -0.3 is 13.6 Å². The molecule has 0 N–H and O–H groups in total. The summed E-state index contributed by atoms with van der Waals surface area (Å²) in [6, 6.07) is 3.34. The Morgan fingerprint density at radius 1 is 1.19 bits per heavy atom. The molecule has 4 rings (SSSR count). The minimum Gasteiger partial charge on any atom is -0.459 e. The Labute approximate surface area is 148 Å². The third kappa shape index (κ3) is 3.00. The molecule has 3 heterocycles. The fourth-order valence-corrected chi connectivity index (χ4v) is 3.52. The molecule has 0 radical (unpaired) electrons. The van der Waals surface area contributed by atoms with E-state index >= 15 is 0 Å². The minimum atomic E-state index is -0.692. The number of rotatable bonds is 5. The highest BCUT2D eigenvalue weighted by Gasteiger charge is 2.48. The lowest BCUT2D eigenvalue weighted by Crippen LogP contribution is -2.36. The van der Waals surface area contributed by atoms with Crippen LogP contribution < -0.4 is 0 Å². The number of furan rings is 1. The number of esters is 1. The highest BCUT2D eigenvalue weighted by Crippen LogP contribution is 2.37. The van der Waals surface area contributed by atoms with Crippen LogP contribution in [0, 0.1) is 11.8 Å². The van der Waals surface area contributed by atoms with Crippen molar-refractivity contribution in [2.75, 3.05) is 6.54 Å². The number of hydrogen-bond acceptors (Lipinski definition) is 8. The summed E-state index contributed by atoms with van der Waals surface area (Å²) >= 11 is 0. The van der Waals surface area contributed by atoms with E-state index in [0.717, 1.165) is 17.7 Å². The van der Waals surface area contributed by atoms with Crippen molar-refractivity contribution in [2.45, 2.75) is 32.3 Å². The number of imide groups is 1. The molecule has 2 aromatic rings. The molecule has 1 saturated heterocycles. The summed E-state index contributed by atoms with van der Waals surface area (Å²) in [7, 11) is 0. The van der Waals surface area contributed by atoms with E-state index in [-0.39, 0.29) is 48.6 Å². The highest BCUT2D eigenvalue weighted by molar-refractivity contribution is 6.07. The Morgan fingerprint density at radius 2 is 1.92 bits per heavy atom. The largest absolute Gasteiger partial charge is 0.459 e. The Kier molecular flexibility index (Phi) is 4.27. The van der Waals surface area contributed by atoms with Gasteiger partial charge in [-0.3, -0.25) is 19.3 Å². The van der Waals surface area contributed by atoms with Crippen LogP contribution in [0.15, 0.2) is 27.2 Å². The molecule has 9 nitrogen and oxygen atoms in total. The number of amides is 2. The van der Waals surface area contributed by atoms with Crippen LogP contribution in [0.5, 0.6) is 0 Å². The lowest BCUT2D eigenvalue weighted by atomic mass is 9.81. The van der Waals surface area contributed by atoms with Gasteiger partial charge in [-0.1, -0.05) is 12.8 Å². The Hall–Kier alpha value is -2.97. The van der Waals surface area contributed by atoms with Gasteiger partial charge in [-0.15, -0.1) is 10.2 Å². The summed E-state index contributed by atoms with van der Waals surface area (Å²) in [4.78, 5) is 37.7. The maximum atomic E-state index is 12.3. The van der Waals surface area contributed by atoms with E-state index in [2.05, 4.69) is 10.2 Å². The number of nitrogens with zero attached hydrogens (tertiary/aromatic N) is 3. The van der Waals surface area contributed by atoms with Gasteiger partial charge in [0.15, 0.2) is 12.4 Å². The maximum Gasteiger partial charge on any atom is 0.326 e. The molecular formula is C17H17N3O6. The number of carbonyl (C=O) groups is 3. The third-order valence-corrected chi connectivity index (χ3v) is 4.78. The van der Waals surface area contributed by atoms with Gasteiger partial charge in [0, 0.05) is 0 Å². The molecule has 2 fully saturated rings. The van der Waals surface area contributed by atoms with Gasteiger partial charge in [-0.25, -0.2) is 0 Å². The Balaban J connectivity index is 1.33. The van der Waals surface area contributed by atoms with E-state index in [1.165, 1.54) is 6.26 Å². The van der Waals surface area contributed by atoms with Crippen molar-refractivity contribution in [2.24, 2.45) is 11.8 Å². The molecule has 2 atom stereocenters. The van der Waals surface area contributed by atoms with Crippen LogP contribution in [-0.2, 0) is 25.7 Å².